The lowest BCUT2D eigenvalue weighted by Crippen LogP contribution is -2.06. The summed E-state index contributed by atoms with van der Waals surface area (Å²) in [7, 11) is 1.58. The number of fused-ring (bicyclic) bond motifs is 1. The Kier molecular flexibility index (Phi) is 4.26. The Hall–Kier alpha value is -2.67. The third-order valence-corrected chi connectivity index (χ3v) is 4.85. The van der Waals surface area contributed by atoms with E-state index in [-0.39, 0.29) is 10.6 Å². The van der Waals surface area contributed by atoms with Gasteiger partial charge in [0.15, 0.2) is 0 Å². The van der Waals surface area contributed by atoms with E-state index in [0.717, 1.165) is 29.2 Å². The molecule has 0 aliphatic carbocycles. The Bertz CT molecular complexity index is 997. The maximum Gasteiger partial charge on any atom is 0.416 e. The number of hydrogen-bond donors (Lipinski definition) is 1. The van der Waals surface area contributed by atoms with Crippen molar-refractivity contribution in [2.75, 3.05) is 19.0 Å². The van der Waals surface area contributed by atoms with E-state index in [2.05, 4.69) is 10.4 Å². The number of ether oxygens (including phenoxy) is 1. The van der Waals surface area contributed by atoms with Crippen molar-refractivity contribution < 1.29 is 17.9 Å². The summed E-state index contributed by atoms with van der Waals surface area (Å²) in [6.45, 7) is 0.687. The first-order valence-corrected chi connectivity index (χ1v) is 8.63. The second-order valence-corrected chi connectivity index (χ2v) is 6.56. The zero-order valence-corrected chi connectivity index (χ0v) is 15.0. The van der Waals surface area contributed by atoms with Gasteiger partial charge >= 0.3 is 6.18 Å². The molecule has 3 aromatic rings. The van der Waals surface area contributed by atoms with Crippen molar-refractivity contribution in [2.45, 2.75) is 12.6 Å². The minimum Gasteiger partial charge on any atom is -0.497 e. The molecular weight excluding hydrogens is 379 g/mol. The minimum atomic E-state index is -4.45. The molecule has 2 aromatic carbocycles. The molecule has 0 radical (unpaired) electrons. The van der Waals surface area contributed by atoms with Gasteiger partial charge in [0.1, 0.15) is 11.6 Å². The summed E-state index contributed by atoms with van der Waals surface area (Å²) in [5, 5.41) is 8.06. The maximum absolute atomic E-state index is 13.1. The molecule has 0 spiro atoms. The summed E-state index contributed by atoms with van der Waals surface area (Å²) in [4.78, 5) is 0. The van der Waals surface area contributed by atoms with Gasteiger partial charge in [0.25, 0.3) is 0 Å². The van der Waals surface area contributed by atoms with Crippen molar-refractivity contribution in [1.29, 1.82) is 0 Å². The van der Waals surface area contributed by atoms with E-state index in [1.165, 1.54) is 6.07 Å². The number of hydrogen-bond acceptors (Lipinski definition) is 3. The Labute approximate surface area is 158 Å². The second-order valence-electron chi connectivity index (χ2n) is 6.15. The molecular formula is C19H15ClF3N3O. The Morgan fingerprint density at radius 2 is 1.89 bits per heavy atom. The van der Waals surface area contributed by atoms with Crippen molar-refractivity contribution in [3.05, 3.63) is 58.6 Å². The summed E-state index contributed by atoms with van der Waals surface area (Å²) in [6.07, 6.45) is -3.79. The third kappa shape index (κ3) is 3.12. The SMILES string of the molecule is COc1ccc(-n2nc(-c3cc(C(F)(F)F)ccc3Cl)c3c2NCC3)cc1. The summed E-state index contributed by atoms with van der Waals surface area (Å²) in [5.41, 5.74) is 1.61. The molecule has 1 N–H and O–H groups in total. The Morgan fingerprint density at radius 1 is 1.15 bits per heavy atom. The molecule has 2 heterocycles. The molecule has 0 saturated carbocycles. The molecule has 4 rings (SSSR count). The first-order valence-electron chi connectivity index (χ1n) is 8.26. The standard InChI is InChI=1S/C19H15ClF3N3O/c1-27-13-5-3-12(4-6-13)26-18-14(8-9-24-18)17(25-26)15-10-11(19(21,22)23)2-7-16(15)20/h2-7,10,24H,8-9H2,1H3. The van der Waals surface area contributed by atoms with E-state index >= 15 is 0 Å². The van der Waals surface area contributed by atoms with Gasteiger partial charge in [-0.1, -0.05) is 11.6 Å². The first-order chi connectivity index (χ1) is 12.9. The third-order valence-electron chi connectivity index (χ3n) is 4.52. The summed E-state index contributed by atoms with van der Waals surface area (Å²) in [6, 6.07) is 10.6. The monoisotopic (exact) mass is 393 g/mol. The number of nitrogens with zero attached hydrogens (tertiary/aromatic N) is 2. The highest BCUT2D eigenvalue weighted by atomic mass is 35.5. The number of anilines is 1. The van der Waals surface area contributed by atoms with Gasteiger partial charge in [-0.2, -0.15) is 18.3 Å². The molecule has 0 unspecified atom stereocenters. The highest BCUT2D eigenvalue weighted by Gasteiger charge is 2.32. The van der Waals surface area contributed by atoms with Crippen LogP contribution in [0.3, 0.4) is 0 Å². The molecule has 1 aromatic heterocycles. The van der Waals surface area contributed by atoms with Gasteiger partial charge in [-0.15, -0.1) is 0 Å². The highest BCUT2D eigenvalue weighted by molar-refractivity contribution is 6.33. The summed E-state index contributed by atoms with van der Waals surface area (Å²) in [5.74, 6) is 1.47. The molecule has 27 heavy (non-hydrogen) atoms. The van der Waals surface area contributed by atoms with Crippen LogP contribution >= 0.6 is 11.6 Å². The van der Waals surface area contributed by atoms with Crippen molar-refractivity contribution in [2.24, 2.45) is 0 Å². The van der Waals surface area contributed by atoms with Crippen molar-refractivity contribution >= 4 is 17.4 Å². The van der Waals surface area contributed by atoms with Crippen LogP contribution in [0.5, 0.6) is 5.75 Å². The van der Waals surface area contributed by atoms with Gasteiger partial charge < -0.3 is 10.1 Å². The molecule has 0 atom stereocenters. The van der Waals surface area contributed by atoms with E-state index in [0.29, 0.717) is 24.4 Å². The number of halogens is 4. The van der Waals surface area contributed by atoms with E-state index in [1.54, 1.807) is 23.9 Å². The second kappa shape index (κ2) is 6.49. The predicted molar refractivity (Wildman–Crippen MR) is 97.8 cm³/mol. The van der Waals surface area contributed by atoms with Crippen molar-refractivity contribution in [3.8, 4) is 22.7 Å². The fourth-order valence-corrected chi connectivity index (χ4v) is 3.39. The number of alkyl halides is 3. The molecule has 0 saturated heterocycles. The topological polar surface area (TPSA) is 39.1 Å². The van der Waals surface area contributed by atoms with Crippen LogP contribution in [0, 0.1) is 0 Å². The molecule has 0 bridgehead atoms. The van der Waals surface area contributed by atoms with Gasteiger partial charge in [0, 0.05) is 17.7 Å². The van der Waals surface area contributed by atoms with Crippen molar-refractivity contribution in [1.82, 2.24) is 9.78 Å². The van der Waals surface area contributed by atoms with Crippen LogP contribution in [-0.4, -0.2) is 23.4 Å². The normalized spacial score (nSPS) is 13.4. The molecule has 4 nitrogen and oxygen atoms in total. The molecule has 0 amide bonds. The van der Waals surface area contributed by atoms with Gasteiger partial charge in [-0.05, 0) is 48.9 Å². The van der Waals surface area contributed by atoms with Crippen LogP contribution in [0.15, 0.2) is 42.5 Å². The molecule has 0 fully saturated rings. The Balaban J connectivity index is 1.86. The zero-order valence-electron chi connectivity index (χ0n) is 14.3. The lowest BCUT2D eigenvalue weighted by atomic mass is 10.0. The van der Waals surface area contributed by atoms with Gasteiger partial charge in [0.2, 0.25) is 0 Å². The lowest BCUT2D eigenvalue weighted by Gasteiger charge is -2.10. The summed E-state index contributed by atoms with van der Waals surface area (Å²) >= 11 is 6.22. The largest absolute Gasteiger partial charge is 0.497 e. The van der Waals surface area contributed by atoms with E-state index in [1.807, 2.05) is 12.1 Å². The molecule has 140 valence electrons. The predicted octanol–water partition coefficient (Wildman–Crippen LogP) is 5.19. The number of rotatable bonds is 3. The number of methoxy groups -OCH3 is 1. The Morgan fingerprint density at radius 3 is 2.56 bits per heavy atom. The van der Waals surface area contributed by atoms with Gasteiger partial charge in [-0.25, -0.2) is 4.68 Å². The highest BCUT2D eigenvalue weighted by Crippen LogP contribution is 2.40. The van der Waals surface area contributed by atoms with Gasteiger partial charge in [-0.3, -0.25) is 0 Å². The quantitative estimate of drug-likeness (QED) is 0.665. The molecule has 8 heteroatoms. The minimum absolute atomic E-state index is 0.233. The smallest absolute Gasteiger partial charge is 0.416 e. The van der Waals surface area contributed by atoms with E-state index in [9.17, 15) is 13.2 Å². The first kappa shape index (κ1) is 17.7. The van der Waals surface area contributed by atoms with Crippen LogP contribution in [0.25, 0.3) is 16.9 Å². The number of nitrogens with one attached hydrogen (secondary N) is 1. The average molecular weight is 394 g/mol. The van der Waals surface area contributed by atoms with Crippen LogP contribution in [0.1, 0.15) is 11.1 Å². The van der Waals surface area contributed by atoms with E-state index in [4.69, 9.17) is 16.3 Å². The maximum atomic E-state index is 13.1. The zero-order chi connectivity index (χ0) is 19.2. The van der Waals surface area contributed by atoms with Crippen LogP contribution < -0.4 is 10.1 Å². The van der Waals surface area contributed by atoms with Crippen molar-refractivity contribution in [3.63, 3.8) is 0 Å². The van der Waals surface area contributed by atoms with Gasteiger partial charge in [0.05, 0.1) is 29.1 Å². The average Bonchev–Trinajstić information content (AvgIpc) is 3.24. The molecule has 1 aliphatic rings. The van der Waals surface area contributed by atoms with E-state index < -0.39 is 11.7 Å². The molecule has 1 aliphatic heterocycles. The lowest BCUT2D eigenvalue weighted by molar-refractivity contribution is -0.137. The number of benzene rings is 2. The fraction of sp³-hybridized carbons (Fsp3) is 0.211. The van der Waals surface area contributed by atoms with Crippen LogP contribution in [0.4, 0.5) is 19.0 Å². The fourth-order valence-electron chi connectivity index (χ4n) is 3.18. The number of aromatic nitrogens is 2. The summed E-state index contributed by atoms with van der Waals surface area (Å²) < 4.78 is 46.3. The van der Waals surface area contributed by atoms with Crippen LogP contribution in [-0.2, 0) is 12.6 Å². The van der Waals surface area contributed by atoms with Crippen LogP contribution in [0.2, 0.25) is 5.02 Å².